The molecule has 1 aromatic rings. The average Bonchev–Trinajstić information content (AvgIpc) is 2.74. The number of benzene rings is 1. The topological polar surface area (TPSA) is 24.5 Å². The van der Waals surface area contributed by atoms with Gasteiger partial charge in [0, 0.05) is 30.7 Å². The van der Waals surface area contributed by atoms with Crippen LogP contribution in [0.25, 0.3) is 0 Å². The van der Waals surface area contributed by atoms with E-state index in [0.29, 0.717) is 12.1 Å². The third-order valence-corrected chi connectivity index (χ3v) is 4.44. The second kappa shape index (κ2) is 6.59. The maximum atomic E-state index is 5.54. The highest BCUT2D eigenvalue weighted by Gasteiger charge is 2.28. The van der Waals surface area contributed by atoms with Crippen LogP contribution in [0.1, 0.15) is 37.4 Å². The van der Waals surface area contributed by atoms with Crippen LogP contribution >= 0.6 is 0 Å². The zero-order valence-electron chi connectivity index (χ0n) is 13.4. The van der Waals surface area contributed by atoms with Gasteiger partial charge in [0.2, 0.25) is 0 Å². The molecule has 1 aromatic carbocycles. The minimum Gasteiger partial charge on any atom is -0.496 e. The minimum absolute atomic E-state index is 0.317. The number of methoxy groups -OCH3 is 1. The van der Waals surface area contributed by atoms with Gasteiger partial charge < -0.3 is 10.1 Å². The summed E-state index contributed by atoms with van der Waals surface area (Å²) in [5.74, 6) is 1.79. The summed E-state index contributed by atoms with van der Waals surface area (Å²) in [6.07, 6.45) is 1.31. The molecule has 112 valence electrons. The average molecular weight is 276 g/mol. The lowest BCUT2D eigenvalue weighted by Gasteiger charge is -2.28. The molecular weight excluding hydrogens is 248 g/mol. The lowest BCUT2D eigenvalue weighted by molar-refractivity contribution is 0.236. The molecule has 1 heterocycles. The zero-order valence-corrected chi connectivity index (χ0v) is 13.4. The Labute approximate surface area is 123 Å². The SMILES string of the molecule is CNC(CN1CC(C)CC1C)c1cc(C)ccc1OC. The third-order valence-electron chi connectivity index (χ3n) is 4.44. The molecule has 3 nitrogen and oxygen atoms in total. The monoisotopic (exact) mass is 276 g/mol. The Morgan fingerprint density at radius 2 is 2.15 bits per heavy atom. The summed E-state index contributed by atoms with van der Waals surface area (Å²) >= 11 is 0. The van der Waals surface area contributed by atoms with E-state index >= 15 is 0 Å². The summed E-state index contributed by atoms with van der Waals surface area (Å²) in [5.41, 5.74) is 2.55. The van der Waals surface area contributed by atoms with Crippen molar-refractivity contribution in [3.8, 4) is 5.75 Å². The predicted molar refractivity (Wildman–Crippen MR) is 84.3 cm³/mol. The molecule has 1 aliphatic heterocycles. The summed E-state index contributed by atoms with van der Waals surface area (Å²) in [4.78, 5) is 2.59. The Balaban J connectivity index is 2.18. The first kappa shape index (κ1) is 15.3. The Bertz CT molecular complexity index is 447. The van der Waals surface area contributed by atoms with E-state index in [-0.39, 0.29) is 0 Å². The van der Waals surface area contributed by atoms with Gasteiger partial charge in [-0.25, -0.2) is 0 Å². The standard InChI is InChI=1S/C17H28N2O/c1-12-6-7-17(20-5)15(9-12)16(18-4)11-19-10-13(2)8-14(19)3/h6-7,9,13-14,16,18H,8,10-11H2,1-5H3. The van der Waals surface area contributed by atoms with E-state index in [2.05, 4.69) is 49.2 Å². The molecule has 3 atom stereocenters. The van der Waals surface area contributed by atoms with Crippen LogP contribution in [0.2, 0.25) is 0 Å². The molecular formula is C17H28N2O. The van der Waals surface area contributed by atoms with Crippen LogP contribution in [0.5, 0.6) is 5.75 Å². The number of ether oxygens (including phenoxy) is 1. The molecule has 1 fully saturated rings. The lowest BCUT2D eigenvalue weighted by Crippen LogP contribution is -2.36. The molecule has 3 unspecified atom stereocenters. The maximum Gasteiger partial charge on any atom is 0.123 e. The van der Waals surface area contributed by atoms with Gasteiger partial charge in [0.15, 0.2) is 0 Å². The van der Waals surface area contributed by atoms with Gasteiger partial charge in [-0.1, -0.05) is 24.6 Å². The molecule has 0 amide bonds. The van der Waals surface area contributed by atoms with Crippen molar-refractivity contribution in [3.63, 3.8) is 0 Å². The van der Waals surface area contributed by atoms with Crippen LogP contribution in [0, 0.1) is 12.8 Å². The van der Waals surface area contributed by atoms with Gasteiger partial charge in [0.1, 0.15) is 5.75 Å². The Morgan fingerprint density at radius 3 is 2.70 bits per heavy atom. The first-order valence-electron chi connectivity index (χ1n) is 7.61. The van der Waals surface area contributed by atoms with Gasteiger partial charge in [-0.3, -0.25) is 4.90 Å². The fourth-order valence-electron chi connectivity index (χ4n) is 3.35. The number of nitrogens with one attached hydrogen (secondary N) is 1. The van der Waals surface area contributed by atoms with Crippen LogP contribution in [0.15, 0.2) is 18.2 Å². The van der Waals surface area contributed by atoms with E-state index in [4.69, 9.17) is 4.74 Å². The summed E-state index contributed by atoms with van der Waals surface area (Å²) in [5, 5.41) is 3.46. The van der Waals surface area contributed by atoms with Crippen molar-refractivity contribution in [3.05, 3.63) is 29.3 Å². The quantitative estimate of drug-likeness (QED) is 0.895. The highest BCUT2D eigenvalue weighted by atomic mass is 16.5. The second-order valence-electron chi connectivity index (χ2n) is 6.23. The van der Waals surface area contributed by atoms with Crippen molar-refractivity contribution in [2.45, 2.75) is 39.3 Å². The fourth-order valence-corrected chi connectivity index (χ4v) is 3.35. The van der Waals surface area contributed by atoms with Crippen molar-refractivity contribution in [1.82, 2.24) is 10.2 Å². The van der Waals surface area contributed by atoms with E-state index in [1.807, 2.05) is 7.05 Å². The molecule has 2 rings (SSSR count). The van der Waals surface area contributed by atoms with Crippen molar-refractivity contribution >= 4 is 0 Å². The molecule has 0 bridgehead atoms. The summed E-state index contributed by atoms with van der Waals surface area (Å²) in [6, 6.07) is 7.42. The number of aryl methyl sites for hydroxylation is 1. The van der Waals surface area contributed by atoms with Crippen molar-refractivity contribution in [2.24, 2.45) is 5.92 Å². The number of likely N-dealkylation sites (N-methyl/N-ethyl adjacent to an activating group) is 1. The highest BCUT2D eigenvalue weighted by molar-refractivity contribution is 5.39. The maximum absolute atomic E-state index is 5.54. The van der Waals surface area contributed by atoms with Gasteiger partial charge in [0.25, 0.3) is 0 Å². The minimum atomic E-state index is 0.317. The highest BCUT2D eigenvalue weighted by Crippen LogP contribution is 2.30. The van der Waals surface area contributed by atoms with Crippen LogP contribution in [0.4, 0.5) is 0 Å². The van der Waals surface area contributed by atoms with Crippen molar-refractivity contribution < 1.29 is 4.74 Å². The zero-order chi connectivity index (χ0) is 14.7. The van der Waals surface area contributed by atoms with Gasteiger partial charge in [0.05, 0.1) is 7.11 Å². The molecule has 20 heavy (non-hydrogen) atoms. The Morgan fingerprint density at radius 1 is 1.40 bits per heavy atom. The number of hydrogen-bond donors (Lipinski definition) is 1. The molecule has 0 aromatic heterocycles. The molecule has 0 saturated carbocycles. The second-order valence-corrected chi connectivity index (χ2v) is 6.23. The summed E-state index contributed by atoms with van der Waals surface area (Å²) < 4.78 is 5.54. The van der Waals surface area contributed by atoms with Crippen LogP contribution in [-0.2, 0) is 0 Å². The molecule has 0 radical (unpaired) electrons. The summed E-state index contributed by atoms with van der Waals surface area (Å²) in [6.45, 7) is 9.06. The van der Waals surface area contributed by atoms with Crippen LogP contribution in [-0.4, -0.2) is 38.2 Å². The molecule has 3 heteroatoms. The third kappa shape index (κ3) is 3.33. The first-order valence-corrected chi connectivity index (χ1v) is 7.61. The van der Waals surface area contributed by atoms with E-state index in [0.717, 1.165) is 18.2 Å². The Kier molecular flexibility index (Phi) is 5.06. The lowest BCUT2D eigenvalue weighted by atomic mass is 10.0. The molecule has 1 N–H and O–H groups in total. The van der Waals surface area contributed by atoms with Gasteiger partial charge in [-0.2, -0.15) is 0 Å². The van der Waals surface area contributed by atoms with Crippen LogP contribution < -0.4 is 10.1 Å². The molecule has 1 saturated heterocycles. The molecule has 0 spiro atoms. The fraction of sp³-hybridized carbons (Fsp3) is 0.647. The number of nitrogens with zero attached hydrogens (tertiary/aromatic N) is 1. The molecule has 0 aliphatic carbocycles. The van der Waals surface area contributed by atoms with Gasteiger partial charge in [-0.15, -0.1) is 0 Å². The number of likely N-dealkylation sites (tertiary alicyclic amines) is 1. The number of rotatable bonds is 5. The molecule has 1 aliphatic rings. The predicted octanol–water partition coefficient (Wildman–Crippen LogP) is 2.99. The Hall–Kier alpha value is -1.06. The van der Waals surface area contributed by atoms with E-state index in [1.54, 1.807) is 7.11 Å². The smallest absolute Gasteiger partial charge is 0.123 e. The van der Waals surface area contributed by atoms with E-state index < -0.39 is 0 Å². The first-order chi connectivity index (χ1) is 9.55. The number of hydrogen-bond acceptors (Lipinski definition) is 3. The summed E-state index contributed by atoms with van der Waals surface area (Å²) in [7, 11) is 3.79. The van der Waals surface area contributed by atoms with Gasteiger partial charge in [-0.05, 0) is 39.3 Å². The van der Waals surface area contributed by atoms with Crippen molar-refractivity contribution in [2.75, 3.05) is 27.2 Å². The van der Waals surface area contributed by atoms with Crippen LogP contribution in [0.3, 0.4) is 0 Å². The van der Waals surface area contributed by atoms with Crippen molar-refractivity contribution in [1.29, 1.82) is 0 Å². The van der Waals surface area contributed by atoms with E-state index in [9.17, 15) is 0 Å². The normalized spacial score (nSPS) is 24.9. The largest absolute Gasteiger partial charge is 0.496 e. The van der Waals surface area contributed by atoms with Gasteiger partial charge >= 0.3 is 0 Å². The van der Waals surface area contributed by atoms with E-state index in [1.165, 1.54) is 24.1 Å².